The Balaban J connectivity index is 1.69. The van der Waals surface area contributed by atoms with E-state index in [0.29, 0.717) is 22.9 Å². The molecule has 1 aromatic rings. The van der Waals surface area contributed by atoms with Crippen molar-refractivity contribution >= 4 is 17.5 Å². The van der Waals surface area contributed by atoms with E-state index in [-0.39, 0.29) is 24.5 Å². The molecule has 0 radical (unpaired) electrons. The Kier molecular flexibility index (Phi) is 3.82. The van der Waals surface area contributed by atoms with E-state index in [1.807, 2.05) is 0 Å². The van der Waals surface area contributed by atoms with Crippen molar-refractivity contribution in [2.75, 3.05) is 11.9 Å². The summed E-state index contributed by atoms with van der Waals surface area (Å²) < 4.78 is 5.34. The average Bonchev–Trinajstić information content (AvgIpc) is 2.46. The van der Waals surface area contributed by atoms with Crippen LogP contribution in [-0.2, 0) is 4.79 Å². The summed E-state index contributed by atoms with van der Waals surface area (Å²) in [6.45, 7) is 2.23. The quantitative estimate of drug-likeness (QED) is 0.877. The second kappa shape index (κ2) is 5.76. The Morgan fingerprint density at radius 3 is 3.05 bits per heavy atom. The number of carbonyl (C=O) groups is 2. The minimum atomic E-state index is -0.170. The predicted molar refractivity (Wildman–Crippen MR) is 79.5 cm³/mol. The number of nitrogens with one attached hydrogen (secondary N) is 2. The normalized spacial score (nSPS) is 24.5. The molecule has 2 amide bonds. The van der Waals surface area contributed by atoms with E-state index in [1.165, 1.54) is 12.8 Å². The van der Waals surface area contributed by atoms with Gasteiger partial charge in [0.1, 0.15) is 5.75 Å². The molecule has 0 saturated heterocycles. The molecule has 1 heterocycles. The third kappa shape index (κ3) is 3.17. The minimum Gasteiger partial charge on any atom is -0.482 e. The van der Waals surface area contributed by atoms with Crippen molar-refractivity contribution in [1.82, 2.24) is 5.32 Å². The molecule has 1 fully saturated rings. The van der Waals surface area contributed by atoms with Crippen LogP contribution < -0.4 is 15.4 Å². The van der Waals surface area contributed by atoms with Crippen molar-refractivity contribution < 1.29 is 14.3 Å². The lowest BCUT2D eigenvalue weighted by atomic mass is 9.87. The van der Waals surface area contributed by atoms with E-state index >= 15 is 0 Å². The van der Waals surface area contributed by atoms with Gasteiger partial charge < -0.3 is 15.4 Å². The van der Waals surface area contributed by atoms with E-state index in [9.17, 15) is 9.59 Å². The SMILES string of the molecule is CC1CCCC(NC(=O)c2ccc3c(c2)OCC(=O)N3)C1. The zero-order valence-corrected chi connectivity index (χ0v) is 12.1. The summed E-state index contributed by atoms with van der Waals surface area (Å²) in [6, 6.07) is 5.38. The smallest absolute Gasteiger partial charge is 0.262 e. The van der Waals surface area contributed by atoms with Crippen LogP contribution in [0.5, 0.6) is 5.75 Å². The molecule has 0 aromatic heterocycles. The molecule has 1 saturated carbocycles. The third-order valence-corrected chi connectivity index (χ3v) is 4.15. The molecule has 1 aromatic carbocycles. The lowest BCUT2D eigenvalue weighted by molar-refractivity contribution is -0.118. The molecule has 2 atom stereocenters. The molecule has 2 N–H and O–H groups in total. The molecule has 112 valence electrons. The van der Waals surface area contributed by atoms with Crippen molar-refractivity contribution in [1.29, 1.82) is 0 Å². The summed E-state index contributed by atoms with van der Waals surface area (Å²) in [7, 11) is 0. The van der Waals surface area contributed by atoms with Gasteiger partial charge in [-0.3, -0.25) is 9.59 Å². The Hall–Kier alpha value is -2.04. The highest BCUT2D eigenvalue weighted by Gasteiger charge is 2.22. The lowest BCUT2D eigenvalue weighted by Gasteiger charge is -2.27. The summed E-state index contributed by atoms with van der Waals surface area (Å²) in [6.07, 6.45) is 4.51. The Labute approximate surface area is 124 Å². The molecular weight excluding hydrogens is 268 g/mol. The van der Waals surface area contributed by atoms with Gasteiger partial charge in [0.05, 0.1) is 5.69 Å². The van der Waals surface area contributed by atoms with Crippen molar-refractivity contribution in [2.45, 2.75) is 38.6 Å². The summed E-state index contributed by atoms with van der Waals surface area (Å²) in [5.74, 6) is 0.985. The molecule has 1 aliphatic heterocycles. The standard InChI is InChI=1S/C16H20N2O3/c1-10-3-2-4-12(7-10)17-16(20)11-5-6-13-14(8-11)21-9-15(19)18-13/h5-6,8,10,12H,2-4,7,9H2,1H3,(H,17,20)(H,18,19). The van der Waals surface area contributed by atoms with Crippen molar-refractivity contribution in [3.63, 3.8) is 0 Å². The largest absolute Gasteiger partial charge is 0.482 e. The van der Waals surface area contributed by atoms with Gasteiger partial charge in [-0.2, -0.15) is 0 Å². The van der Waals surface area contributed by atoms with Gasteiger partial charge in [-0.05, 0) is 37.0 Å². The van der Waals surface area contributed by atoms with Crippen molar-refractivity contribution in [2.24, 2.45) is 5.92 Å². The highest BCUT2D eigenvalue weighted by Crippen LogP contribution is 2.29. The van der Waals surface area contributed by atoms with Crippen LogP contribution in [0.3, 0.4) is 0 Å². The maximum atomic E-state index is 12.3. The number of anilines is 1. The van der Waals surface area contributed by atoms with Crippen LogP contribution in [0.2, 0.25) is 0 Å². The first-order valence-corrected chi connectivity index (χ1v) is 7.49. The average molecular weight is 288 g/mol. The molecular formula is C16H20N2O3. The third-order valence-electron chi connectivity index (χ3n) is 4.15. The first-order valence-electron chi connectivity index (χ1n) is 7.49. The lowest BCUT2D eigenvalue weighted by Crippen LogP contribution is -2.38. The number of ether oxygens (including phenoxy) is 1. The van der Waals surface area contributed by atoms with Crippen LogP contribution >= 0.6 is 0 Å². The number of amides is 2. The number of hydrogen-bond acceptors (Lipinski definition) is 3. The summed E-state index contributed by atoms with van der Waals surface area (Å²) in [5.41, 5.74) is 1.19. The molecule has 21 heavy (non-hydrogen) atoms. The van der Waals surface area contributed by atoms with Crippen LogP contribution in [0.1, 0.15) is 43.0 Å². The number of carbonyl (C=O) groups excluding carboxylic acids is 2. The van der Waals surface area contributed by atoms with Crippen LogP contribution in [-0.4, -0.2) is 24.5 Å². The van der Waals surface area contributed by atoms with Gasteiger partial charge in [0, 0.05) is 11.6 Å². The van der Waals surface area contributed by atoms with Crippen LogP contribution in [0, 0.1) is 5.92 Å². The Morgan fingerprint density at radius 2 is 2.24 bits per heavy atom. The Bertz CT molecular complexity index is 571. The Morgan fingerprint density at radius 1 is 1.38 bits per heavy atom. The van der Waals surface area contributed by atoms with Gasteiger partial charge in [0.25, 0.3) is 11.8 Å². The second-order valence-corrected chi connectivity index (χ2v) is 5.99. The summed E-state index contributed by atoms with van der Waals surface area (Å²) in [5, 5.41) is 5.82. The molecule has 2 aliphatic rings. The van der Waals surface area contributed by atoms with E-state index in [0.717, 1.165) is 12.8 Å². The highest BCUT2D eigenvalue weighted by molar-refractivity contribution is 5.99. The van der Waals surface area contributed by atoms with Gasteiger partial charge in [-0.25, -0.2) is 0 Å². The van der Waals surface area contributed by atoms with Gasteiger partial charge in [0.2, 0.25) is 0 Å². The van der Waals surface area contributed by atoms with Gasteiger partial charge in [-0.1, -0.05) is 19.8 Å². The second-order valence-electron chi connectivity index (χ2n) is 5.99. The number of hydrogen-bond donors (Lipinski definition) is 2. The maximum Gasteiger partial charge on any atom is 0.262 e. The number of benzene rings is 1. The molecule has 1 aliphatic carbocycles. The fourth-order valence-electron chi connectivity index (χ4n) is 3.05. The molecule has 0 spiro atoms. The van der Waals surface area contributed by atoms with Crippen LogP contribution in [0.4, 0.5) is 5.69 Å². The molecule has 2 unspecified atom stereocenters. The number of rotatable bonds is 2. The minimum absolute atomic E-state index is 0.00177. The van der Waals surface area contributed by atoms with Crippen LogP contribution in [0.25, 0.3) is 0 Å². The monoisotopic (exact) mass is 288 g/mol. The summed E-state index contributed by atoms with van der Waals surface area (Å²) >= 11 is 0. The fourth-order valence-corrected chi connectivity index (χ4v) is 3.05. The first kappa shape index (κ1) is 13.9. The van der Waals surface area contributed by atoms with E-state index in [4.69, 9.17) is 4.74 Å². The molecule has 5 heteroatoms. The van der Waals surface area contributed by atoms with Crippen LogP contribution in [0.15, 0.2) is 18.2 Å². The number of fused-ring (bicyclic) bond motifs is 1. The molecule has 5 nitrogen and oxygen atoms in total. The highest BCUT2D eigenvalue weighted by atomic mass is 16.5. The van der Waals surface area contributed by atoms with Gasteiger partial charge >= 0.3 is 0 Å². The summed E-state index contributed by atoms with van der Waals surface area (Å²) in [4.78, 5) is 23.5. The van der Waals surface area contributed by atoms with E-state index in [2.05, 4.69) is 17.6 Å². The zero-order chi connectivity index (χ0) is 14.8. The van der Waals surface area contributed by atoms with Gasteiger partial charge in [-0.15, -0.1) is 0 Å². The zero-order valence-electron chi connectivity index (χ0n) is 12.1. The maximum absolute atomic E-state index is 12.3. The van der Waals surface area contributed by atoms with Crippen molar-refractivity contribution in [3.05, 3.63) is 23.8 Å². The van der Waals surface area contributed by atoms with Crippen molar-refractivity contribution in [3.8, 4) is 5.75 Å². The molecule has 3 rings (SSSR count). The fraction of sp³-hybridized carbons (Fsp3) is 0.500. The van der Waals surface area contributed by atoms with E-state index in [1.54, 1.807) is 18.2 Å². The topological polar surface area (TPSA) is 67.4 Å². The van der Waals surface area contributed by atoms with E-state index < -0.39 is 0 Å². The molecule has 0 bridgehead atoms. The first-order chi connectivity index (χ1) is 10.1. The van der Waals surface area contributed by atoms with Gasteiger partial charge in [0.15, 0.2) is 6.61 Å². The predicted octanol–water partition coefficient (Wildman–Crippen LogP) is 2.33.